The van der Waals surface area contributed by atoms with Crippen molar-refractivity contribution in [2.24, 2.45) is 0 Å². The quantitative estimate of drug-likeness (QED) is 0.843. The van der Waals surface area contributed by atoms with Crippen LogP contribution in [0.1, 0.15) is 35.7 Å². The van der Waals surface area contributed by atoms with Crippen molar-refractivity contribution in [3.05, 3.63) is 35.4 Å². The number of hydrogen-bond donors (Lipinski definition) is 2. The number of carboxylic acid groups (broad SMARTS) is 1. The minimum Gasteiger partial charge on any atom is -0.478 e. The molecule has 2 rings (SSSR count). The average Bonchev–Trinajstić information content (AvgIpc) is 2.77. The maximum Gasteiger partial charge on any atom is 0.339 e. The molecule has 0 unspecified atom stereocenters. The van der Waals surface area contributed by atoms with Crippen LogP contribution in [0.3, 0.4) is 0 Å². The topological polar surface area (TPSA) is 97.5 Å². The molecule has 0 bridgehead atoms. The number of anilines is 1. The van der Waals surface area contributed by atoms with Gasteiger partial charge < -0.3 is 19.6 Å². The van der Waals surface area contributed by atoms with Gasteiger partial charge in [-0.3, -0.25) is 0 Å². The van der Waals surface area contributed by atoms with E-state index in [0.717, 1.165) is 0 Å². The van der Waals surface area contributed by atoms with Gasteiger partial charge in [-0.15, -0.1) is 0 Å². The van der Waals surface area contributed by atoms with E-state index in [-0.39, 0.29) is 11.7 Å². The highest BCUT2D eigenvalue weighted by Crippen LogP contribution is 2.16. The van der Waals surface area contributed by atoms with Crippen LogP contribution in [-0.4, -0.2) is 27.1 Å². The van der Waals surface area contributed by atoms with Crippen molar-refractivity contribution in [3.8, 4) is 5.88 Å². The molecule has 0 saturated heterocycles. The van der Waals surface area contributed by atoms with Crippen LogP contribution in [-0.2, 0) is 6.54 Å². The molecule has 7 heteroatoms. The Morgan fingerprint density at radius 2 is 2.29 bits per heavy atom. The van der Waals surface area contributed by atoms with Crippen LogP contribution in [0.2, 0.25) is 0 Å². The van der Waals surface area contributed by atoms with E-state index in [0.29, 0.717) is 29.9 Å². The molecule has 2 aromatic rings. The minimum absolute atomic E-state index is 0.0265. The summed E-state index contributed by atoms with van der Waals surface area (Å²) in [7, 11) is 0. The maximum absolute atomic E-state index is 10.9. The number of rotatable bonds is 6. The largest absolute Gasteiger partial charge is 0.478 e. The second-order valence-corrected chi connectivity index (χ2v) is 4.73. The number of aromatic nitrogens is 2. The number of nitrogens with one attached hydrogen (secondary N) is 1. The minimum atomic E-state index is -1.01. The lowest BCUT2D eigenvalue weighted by Crippen LogP contribution is -2.09. The Balaban J connectivity index is 2.03. The summed E-state index contributed by atoms with van der Waals surface area (Å²) in [6, 6.07) is 3.16. The number of aromatic carboxylic acids is 1. The molecule has 0 aromatic carbocycles. The highest BCUT2D eigenvalue weighted by atomic mass is 16.5. The molecule has 7 nitrogen and oxygen atoms in total. The van der Waals surface area contributed by atoms with Crippen molar-refractivity contribution >= 4 is 11.9 Å². The fourth-order valence-corrected chi connectivity index (χ4v) is 1.74. The Morgan fingerprint density at radius 3 is 2.90 bits per heavy atom. The highest BCUT2D eigenvalue weighted by molar-refractivity contribution is 5.88. The molecule has 21 heavy (non-hydrogen) atoms. The van der Waals surface area contributed by atoms with E-state index in [9.17, 15) is 4.79 Å². The van der Waals surface area contributed by atoms with E-state index in [2.05, 4.69) is 15.3 Å². The standard InChI is InChI=1S/C14H17N3O4/c1-8(2)20-12-4-5-15-14(17-12)16-7-10-6-11(13(18)19)9(3)21-10/h4-6,8H,7H2,1-3H3,(H,18,19)(H,15,16,17). The van der Waals surface area contributed by atoms with Gasteiger partial charge in [0.2, 0.25) is 11.8 Å². The first kappa shape index (κ1) is 14.8. The molecule has 112 valence electrons. The molecule has 2 aromatic heterocycles. The molecule has 0 aliphatic carbocycles. The van der Waals surface area contributed by atoms with Gasteiger partial charge >= 0.3 is 5.97 Å². The lowest BCUT2D eigenvalue weighted by atomic mass is 10.2. The van der Waals surface area contributed by atoms with Crippen molar-refractivity contribution in [2.75, 3.05) is 5.32 Å². The fraction of sp³-hybridized carbons (Fsp3) is 0.357. The molecule has 2 N–H and O–H groups in total. The molecule has 0 spiro atoms. The normalized spacial score (nSPS) is 10.7. The summed E-state index contributed by atoms with van der Waals surface area (Å²) >= 11 is 0. The maximum atomic E-state index is 10.9. The molecule has 0 aliphatic rings. The van der Waals surface area contributed by atoms with E-state index in [1.165, 1.54) is 6.07 Å². The van der Waals surface area contributed by atoms with Crippen molar-refractivity contribution in [1.82, 2.24) is 9.97 Å². The van der Waals surface area contributed by atoms with Gasteiger partial charge in [-0.05, 0) is 26.8 Å². The number of ether oxygens (including phenoxy) is 1. The fourth-order valence-electron chi connectivity index (χ4n) is 1.74. The Kier molecular flexibility index (Phi) is 4.42. The molecule has 2 heterocycles. The Hall–Kier alpha value is -2.57. The van der Waals surface area contributed by atoms with E-state index in [4.69, 9.17) is 14.3 Å². The first-order valence-electron chi connectivity index (χ1n) is 6.52. The van der Waals surface area contributed by atoms with Gasteiger partial charge in [0.15, 0.2) is 0 Å². The van der Waals surface area contributed by atoms with Crippen molar-refractivity contribution in [3.63, 3.8) is 0 Å². The van der Waals surface area contributed by atoms with Gasteiger partial charge in [0.1, 0.15) is 17.1 Å². The van der Waals surface area contributed by atoms with E-state index >= 15 is 0 Å². The molecule has 0 amide bonds. The number of carboxylic acids is 1. The third-order valence-corrected chi connectivity index (χ3v) is 2.61. The second kappa shape index (κ2) is 6.25. The van der Waals surface area contributed by atoms with E-state index in [1.807, 2.05) is 13.8 Å². The van der Waals surface area contributed by atoms with E-state index in [1.54, 1.807) is 19.2 Å². The number of nitrogens with zero attached hydrogens (tertiary/aromatic N) is 2. The molecule has 0 fully saturated rings. The molecule has 0 atom stereocenters. The molecular formula is C14H17N3O4. The van der Waals surface area contributed by atoms with Crippen LogP contribution in [0.25, 0.3) is 0 Å². The lowest BCUT2D eigenvalue weighted by molar-refractivity contribution is 0.0695. The predicted molar refractivity (Wildman–Crippen MR) is 75.5 cm³/mol. The van der Waals surface area contributed by atoms with Gasteiger partial charge in [-0.1, -0.05) is 0 Å². The molecule has 0 aliphatic heterocycles. The summed E-state index contributed by atoms with van der Waals surface area (Å²) in [6.45, 7) is 5.72. The predicted octanol–water partition coefficient (Wildman–Crippen LogP) is 2.48. The Labute approximate surface area is 122 Å². The summed E-state index contributed by atoms with van der Waals surface area (Å²) in [5, 5.41) is 11.9. The smallest absolute Gasteiger partial charge is 0.339 e. The first-order valence-corrected chi connectivity index (χ1v) is 6.52. The number of carbonyl (C=O) groups is 1. The van der Waals surface area contributed by atoms with Crippen molar-refractivity contribution in [2.45, 2.75) is 33.4 Å². The van der Waals surface area contributed by atoms with Gasteiger partial charge in [0, 0.05) is 12.3 Å². The lowest BCUT2D eigenvalue weighted by Gasteiger charge is -2.09. The highest BCUT2D eigenvalue weighted by Gasteiger charge is 2.13. The Morgan fingerprint density at radius 1 is 1.52 bits per heavy atom. The summed E-state index contributed by atoms with van der Waals surface area (Å²) in [6.07, 6.45) is 1.61. The third-order valence-electron chi connectivity index (χ3n) is 2.61. The Bertz CT molecular complexity index is 637. The summed E-state index contributed by atoms with van der Waals surface area (Å²) in [5.74, 6) is 0.732. The van der Waals surface area contributed by atoms with Crippen LogP contribution in [0.5, 0.6) is 5.88 Å². The monoisotopic (exact) mass is 291 g/mol. The van der Waals surface area contributed by atoms with Gasteiger partial charge in [0.05, 0.1) is 12.6 Å². The third kappa shape index (κ3) is 3.95. The molecule has 0 saturated carbocycles. The van der Waals surface area contributed by atoms with Crippen LogP contribution in [0.15, 0.2) is 22.7 Å². The van der Waals surface area contributed by atoms with Crippen LogP contribution in [0, 0.1) is 6.92 Å². The number of aryl methyl sites for hydroxylation is 1. The summed E-state index contributed by atoms with van der Waals surface area (Å²) in [4.78, 5) is 19.2. The molecule has 0 radical (unpaired) electrons. The van der Waals surface area contributed by atoms with Gasteiger partial charge in [-0.25, -0.2) is 9.78 Å². The first-order chi connectivity index (χ1) is 9.95. The summed E-state index contributed by atoms with van der Waals surface area (Å²) < 4.78 is 10.8. The van der Waals surface area contributed by atoms with Crippen molar-refractivity contribution in [1.29, 1.82) is 0 Å². The van der Waals surface area contributed by atoms with E-state index < -0.39 is 5.97 Å². The number of hydrogen-bond acceptors (Lipinski definition) is 6. The zero-order valence-corrected chi connectivity index (χ0v) is 12.1. The van der Waals surface area contributed by atoms with Gasteiger partial charge in [-0.2, -0.15) is 4.98 Å². The average molecular weight is 291 g/mol. The molecular weight excluding hydrogens is 274 g/mol. The number of furan rings is 1. The SMILES string of the molecule is Cc1oc(CNc2nccc(OC(C)C)n2)cc1C(=O)O. The second-order valence-electron chi connectivity index (χ2n) is 4.73. The summed E-state index contributed by atoms with van der Waals surface area (Å²) in [5.41, 5.74) is 0.157. The zero-order valence-electron chi connectivity index (χ0n) is 12.1. The van der Waals surface area contributed by atoms with Gasteiger partial charge in [0.25, 0.3) is 0 Å². The van der Waals surface area contributed by atoms with Crippen LogP contribution in [0.4, 0.5) is 5.95 Å². The zero-order chi connectivity index (χ0) is 15.4. The van der Waals surface area contributed by atoms with Crippen LogP contribution < -0.4 is 10.1 Å². The van der Waals surface area contributed by atoms with Crippen molar-refractivity contribution < 1.29 is 19.1 Å². The van der Waals surface area contributed by atoms with Crippen LogP contribution >= 0.6 is 0 Å².